The van der Waals surface area contributed by atoms with E-state index in [0.717, 1.165) is 17.0 Å². The Hall–Kier alpha value is -0.530. The van der Waals surface area contributed by atoms with E-state index >= 15 is 0 Å². The molecule has 0 aliphatic heterocycles. The molecule has 1 unspecified atom stereocenters. The number of aryl methyl sites for hydroxylation is 1. The SMILES string of the molecule is CCC(OC)c1c(C)cccc1Cl. The van der Waals surface area contributed by atoms with Gasteiger partial charge in [0.15, 0.2) is 0 Å². The fourth-order valence-corrected chi connectivity index (χ4v) is 1.88. The van der Waals surface area contributed by atoms with Crippen LogP contribution in [0.5, 0.6) is 0 Å². The molecule has 0 radical (unpaired) electrons. The first-order valence-corrected chi connectivity index (χ1v) is 4.86. The Kier molecular flexibility index (Phi) is 3.76. The molecular weight excluding hydrogens is 184 g/mol. The van der Waals surface area contributed by atoms with E-state index in [2.05, 4.69) is 19.9 Å². The number of benzene rings is 1. The zero-order valence-electron chi connectivity index (χ0n) is 8.30. The van der Waals surface area contributed by atoms with Crippen molar-refractivity contribution < 1.29 is 4.74 Å². The summed E-state index contributed by atoms with van der Waals surface area (Å²) >= 11 is 6.10. The summed E-state index contributed by atoms with van der Waals surface area (Å²) in [5.74, 6) is 0. The number of hydrogen-bond acceptors (Lipinski definition) is 1. The van der Waals surface area contributed by atoms with Crippen LogP contribution in [0.15, 0.2) is 18.2 Å². The lowest BCUT2D eigenvalue weighted by molar-refractivity contribution is 0.0996. The number of hydrogen-bond donors (Lipinski definition) is 0. The van der Waals surface area contributed by atoms with Gasteiger partial charge in [0.05, 0.1) is 6.10 Å². The van der Waals surface area contributed by atoms with Crippen LogP contribution in [-0.2, 0) is 4.74 Å². The standard InChI is InChI=1S/C11H15ClO/c1-4-10(13-3)11-8(2)6-5-7-9(11)12/h5-7,10H,4H2,1-3H3. The van der Waals surface area contributed by atoms with Crippen molar-refractivity contribution in [2.24, 2.45) is 0 Å². The van der Waals surface area contributed by atoms with Gasteiger partial charge in [-0.1, -0.05) is 30.7 Å². The summed E-state index contributed by atoms with van der Waals surface area (Å²) in [5, 5.41) is 0.800. The predicted molar refractivity (Wildman–Crippen MR) is 56.2 cm³/mol. The van der Waals surface area contributed by atoms with Crippen LogP contribution in [0.25, 0.3) is 0 Å². The van der Waals surface area contributed by atoms with E-state index in [-0.39, 0.29) is 6.10 Å². The van der Waals surface area contributed by atoms with Gasteiger partial charge in [-0.3, -0.25) is 0 Å². The minimum atomic E-state index is 0.119. The van der Waals surface area contributed by atoms with E-state index < -0.39 is 0 Å². The third kappa shape index (κ3) is 2.23. The second-order valence-electron chi connectivity index (χ2n) is 3.10. The Balaban J connectivity index is 3.10. The Labute approximate surface area is 84.7 Å². The van der Waals surface area contributed by atoms with Crippen LogP contribution in [0.4, 0.5) is 0 Å². The second-order valence-corrected chi connectivity index (χ2v) is 3.51. The smallest absolute Gasteiger partial charge is 0.0835 e. The van der Waals surface area contributed by atoms with E-state index in [4.69, 9.17) is 16.3 Å². The molecule has 0 saturated heterocycles. The van der Waals surface area contributed by atoms with Crippen molar-refractivity contribution in [2.45, 2.75) is 26.4 Å². The van der Waals surface area contributed by atoms with Crippen LogP contribution in [0, 0.1) is 6.92 Å². The summed E-state index contributed by atoms with van der Waals surface area (Å²) in [4.78, 5) is 0. The summed E-state index contributed by atoms with van der Waals surface area (Å²) in [7, 11) is 1.72. The van der Waals surface area contributed by atoms with E-state index in [1.54, 1.807) is 7.11 Å². The largest absolute Gasteiger partial charge is 0.377 e. The highest BCUT2D eigenvalue weighted by molar-refractivity contribution is 6.31. The molecule has 1 aromatic rings. The molecule has 0 saturated carbocycles. The van der Waals surface area contributed by atoms with Crippen molar-refractivity contribution in [3.8, 4) is 0 Å². The highest BCUT2D eigenvalue weighted by Gasteiger charge is 2.13. The van der Waals surface area contributed by atoms with Crippen LogP contribution in [0.2, 0.25) is 5.02 Å². The van der Waals surface area contributed by atoms with E-state index in [0.29, 0.717) is 0 Å². The second kappa shape index (κ2) is 4.64. The van der Waals surface area contributed by atoms with E-state index in [9.17, 15) is 0 Å². The molecule has 0 bridgehead atoms. The number of ether oxygens (including phenoxy) is 1. The van der Waals surface area contributed by atoms with Crippen molar-refractivity contribution in [1.29, 1.82) is 0 Å². The molecule has 0 spiro atoms. The number of rotatable bonds is 3. The molecule has 0 aliphatic rings. The van der Waals surface area contributed by atoms with Crippen molar-refractivity contribution in [3.05, 3.63) is 34.3 Å². The van der Waals surface area contributed by atoms with Crippen LogP contribution in [0.1, 0.15) is 30.6 Å². The van der Waals surface area contributed by atoms with Gasteiger partial charge in [-0.15, -0.1) is 0 Å². The molecule has 0 N–H and O–H groups in total. The van der Waals surface area contributed by atoms with Crippen molar-refractivity contribution in [2.75, 3.05) is 7.11 Å². The maximum absolute atomic E-state index is 6.10. The van der Waals surface area contributed by atoms with Gasteiger partial charge >= 0.3 is 0 Å². The van der Waals surface area contributed by atoms with Gasteiger partial charge in [0.2, 0.25) is 0 Å². The van der Waals surface area contributed by atoms with Gasteiger partial charge in [-0.05, 0) is 25.0 Å². The first kappa shape index (κ1) is 10.6. The van der Waals surface area contributed by atoms with Gasteiger partial charge in [0, 0.05) is 17.7 Å². The highest BCUT2D eigenvalue weighted by atomic mass is 35.5. The lowest BCUT2D eigenvalue weighted by atomic mass is 10.0. The average Bonchev–Trinajstić information content (AvgIpc) is 2.11. The van der Waals surface area contributed by atoms with Crippen molar-refractivity contribution in [3.63, 3.8) is 0 Å². The van der Waals surface area contributed by atoms with E-state index in [1.807, 2.05) is 12.1 Å². The monoisotopic (exact) mass is 198 g/mol. The van der Waals surface area contributed by atoms with Gasteiger partial charge in [0.25, 0.3) is 0 Å². The minimum absolute atomic E-state index is 0.119. The molecule has 13 heavy (non-hydrogen) atoms. The number of methoxy groups -OCH3 is 1. The van der Waals surface area contributed by atoms with Gasteiger partial charge in [-0.2, -0.15) is 0 Å². The Morgan fingerprint density at radius 2 is 2.15 bits per heavy atom. The highest BCUT2D eigenvalue weighted by Crippen LogP contribution is 2.30. The molecule has 0 heterocycles. The lowest BCUT2D eigenvalue weighted by Crippen LogP contribution is -2.02. The first-order chi connectivity index (χ1) is 6.20. The summed E-state index contributed by atoms with van der Waals surface area (Å²) in [6.45, 7) is 4.15. The molecule has 0 aliphatic carbocycles. The molecule has 0 fully saturated rings. The maximum Gasteiger partial charge on any atom is 0.0835 e. The third-order valence-electron chi connectivity index (χ3n) is 2.25. The molecule has 1 atom stereocenters. The molecule has 0 amide bonds. The first-order valence-electron chi connectivity index (χ1n) is 4.48. The zero-order chi connectivity index (χ0) is 9.84. The summed E-state index contributed by atoms with van der Waals surface area (Å²) < 4.78 is 5.36. The fraction of sp³-hybridized carbons (Fsp3) is 0.455. The van der Waals surface area contributed by atoms with Crippen LogP contribution in [-0.4, -0.2) is 7.11 Å². The fourth-order valence-electron chi connectivity index (χ4n) is 1.54. The van der Waals surface area contributed by atoms with Crippen LogP contribution < -0.4 is 0 Å². The molecule has 0 aromatic heterocycles. The lowest BCUT2D eigenvalue weighted by Gasteiger charge is -2.17. The summed E-state index contributed by atoms with van der Waals surface area (Å²) in [5.41, 5.74) is 2.32. The molecule has 1 aromatic carbocycles. The Bertz CT molecular complexity index is 259. The normalized spacial score (nSPS) is 12.9. The predicted octanol–water partition coefficient (Wildman–Crippen LogP) is 3.75. The molecule has 1 nitrogen and oxygen atoms in total. The minimum Gasteiger partial charge on any atom is -0.377 e. The van der Waals surface area contributed by atoms with Gasteiger partial charge in [0.1, 0.15) is 0 Å². The molecule has 72 valence electrons. The van der Waals surface area contributed by atoms with Crippen molar-refractivity contribution in [1.82, 2.24) is 0 Å². The average molecular weight is 199 g/mol. The Morgan fingerprint density at radius 3 is 2.62 bits per heavy atom. The van der Waals surface area contributed by atoms with E-state index in [1.165, 1.54) is 5.56 Å². The molecule has 1 rings (SSSR count). The van der Waals surface area contributed by atoms with Crippen molar-refractivity contribution >= 4 is 11.6 Å². The van der Waals surface area contributed by atoms with Crippen LogP contribution in [0.3, 0.4) is 0 Å². The topological polar surface area (TPSA) is 9.23 Å². The summed E-state index contributed by atoms with van der Waals surface area (Å²) in [6.07, 6.45) is 1.06. The summed E-state index contributed by atoms with van der Waals surface area (Å²) in [6, 6.07) is 5.93. The molecule has 2 heteroatoms. The zero-order valence-corrected chi connectivity index (χ0v) is 9.06. The Morgan fingerprint density at radius 1 is 1.46 bits per heavy atom. The quantitative estimate of drug-likeness (QED) is 0.719. The van der Waals surface area contributed by atoms with Crippen LogP contribution >= 0.6 is 11.6 Å². The van der Waals surface area contributed by atoms with Gasteiger partial charge in [-0.25, -0.2) is 0 Å². The third-order valence-corrected chi connectivity index (χ3v) is 2.58. The maximum atomic E-state index is 6.10. The number of halogens is 1. The molecular formula is C11H15ClO. The van der Waals surface area contributed by atoms with Gasteiger partial charge < -0.3 is 4.74 Å².